The summed E-state index contributed by atoms with van der Waals surface area (Å²) in [4.78, 5) is 18.5. The summed E-state index contributed by atoms with van der Waals surface area (Å²) in [6.07, 6.45) is 1.15. The first-order valence-electron chi connectivity index (χ1n) is 4.48. The van der Waals surface area contributed by atoms with E-state index in [1.54, 1.807) is 11.8 Å². The topological polar surface area (TPSA) is 45.8 Å². The third kappa shape index (κ3) is 3.27. The van der Waals surface area contributed by atoms with Gasteiger partial charge in [0.05, 0.1) is 15.0 Å². The minimum Gasteiger partial charge on any atom is -0.309 e. The van der Waals surface area contributed by atoms with E-state index in [9.17, 15) is 4.79 Å². The van der Waals surface area contributed by atoms with Crippen molar-refractivity contribution in [3.05, 3.63) is 25.4 Å². The summed E-state index contributed by atoms with van der Waals surface area (Å²) in [5.41, 5.74) is 0.798. The monoisotopic (exact) mass is 324 g/mol. The predicted octanol–water partition coefficient (Wildman–Crippen LogP) is 2.33. The van der Waals surface area contributed by atoms with Crippen molar-refractivity contribution in [3.8, 4) is 0 Å². The average molecular weight is 324 g/mol. The molecule has 1 aromatic heterocycles. The lowest BCUT2D eigenvalue weighted by Crippen LogP contribution is -2.16. The van der Waals surface area contributed by atoms with Crippen LogP contribution < -0.4 is 5.56 Å². The molecule has 0 aromatic carbocycles. The highest BCUT2D eigenvalue weighted by atomic mass is 127. The van der Waals surface area contributed by atoms with Crippen LogP contribution in [0.4, 0.5) is 0 Å². The maximum atomic E-state index is 11.4. The van der Waals surface area contributed by atoms with E-state index in [-0.39, 0.29) is 5.56 Å². The first-order chi connectivity index (χ1) is 6.65. The van der Waals surface area contributed by atoms with E-state index < -0.39 is 0 Å². The molecule has 1 heterocycles. The minimum absolute atomic E-state index is 0.0230. The normalized spacial score (nSPS) is 10.5. The molecule has 0 aliphatic heterocycles. The number of aryl methyl sites for hydroxylation is 1. The Morgan fingerprint density at radius 2 is 2.29 bits per heavy atom. The van der Waals surface area contributed by atoms with E-state index in [4.69, 9.17) is 0 Å². The van der Waals surface area contributed by atoms with Gasteiger partial charge in [-0.1, -0.05) is 6.92 Å². The maximum Gasteiger partial charge on any atom is 0.264 e. The van der Waals surface area contributed by atoms with Gasteiger partial charge in [-0.15, -0.1) is 0 Å². The molecule has 0 aliphatic carbocycles. The Hall–Kier alpha value is -0.0400. The molecule has 0 saturated heterocycles. The number of hydrogen-bond donors (Lipinski definition) is 1. The highest BCUT2D eigenvalue weighted by molar-refractivity contribution is 14.1. The molecule has 3 nitrogen and oxygen atoms in total. The molecule has 0 fully saturated rings. The first kappa shape index (κ1) is 12.0. The largest absolute Gasteiger partial charge is 0.309 e. The Labute approximate surface area is 101 Å². The first-order valence-corrected chi connectivity index (χ1v) is 6.71. The summed E-state index contributed by atoms with van der Waals surface area (Å²) in [6, 6.07) is 0. The zero-order valence-corrected chi connectivity index (χ0v) is 11.2. The molecule has 0 bridgehead atoms. The van der Waals surface area contributed by atoms with Gasteiger partial charge < -0.3 is 4.98 Å². The van der Waals surface area contributed by atoms with Crippen molar-refractivity contribution in [1.82, 2.24) is 9.97 Å². The standard InChI is InChI=1S/C9H13IN2OS/c1-3-4-14-5-7-11-6(2)8(10)9(13)12-7/h3-5H2,1-2H3,(H,11,12,13). The Morgan fingerprint density at radius 1 is 1.57 bits per heavy atom. The second-order valence-corrected chi connectivity index (χ2v) is 5.15. The third-order valence-corrected chi connectivity index (χ3v) is 4.11. The zero-order valence-electron chi connectivity index (χ0n) is 8.26. The lowest BCUT2D eigenvalue weighted by atomic mass is 10.4. The number of rotatable bonds is 4. The molecule has 0 atom stereocenters. The van der Waals surface area contributed by atoms with Gasteiger partial charge in [0, 0.05) is 0 Å². The van der Waals surface area contributed by atoms with Crippen molar-refractivity contribution in [2.24, 2.45) is 0 Å². The highest BCUT2D eigenvalue weighted by Crippen LogP contribution is 2.10. The number of halogens is 1. The molecular formula is C9H13IN2OS. The SMILES string of the molecule is CCCSCc1nc(C)c(I)c(=O)[nH]1. The molecule has 78 valence electrons. The van der Waals surface area contributed by atoms with Gasteiger partial charge in [-0.25, -0.2) is 4.98 Å². The van der Waals surface area contributed by atoms with Crippen LogP contribution in [-0.4, -0.2) is 15.7 Å². The number of aromatic amines is 1. The van der Waals surface area contributed by atoms with E-state index in [1.165, 1.54) is 0 Å². The summed E-state index contributed by atoms with van der Waals surface area (Å²) >= 11 is 3.81. The number of hydrogen-bond acceptors (Lipinski definition) is 3. The Bertz CT molecular complexity index is 364. The van der Waals surface area contributed by atoms with Crippen molar-refractivity contribution < 1.29 is 0 Å². The van der Waals surface area contributed by atoms with E-state index >= 15 is 0 Å². The number of aromatic nitrogens is 2. The quantitative estimate of drug-likeness (QED) is 0.683. The van der Waals surface area contributed by atoms with Crippen molar-refractivity contribution in [1.29, 1.82) is 0 Å². The van der Waals surface area contributed by atoms with Crippen molar-refractivity contribution >= 4 is 34.4 Å². The second kappa shape index (κ2) is 5.75. The summed E-state index contributed by atoms with van der Waals surface area (Å²) in [5.74, 6) is 2.68. The molecule has 0 saturated carbocycles. The van der Waals surface area contributed by atoms with Gasteiger partial charge in [-0.3, -0.25) is 4.79 Å². The van der Waals surface area contributed by atoms with E-state index in [0.29, 0.717) is 3.57 Å². The molecule has 0 aliphatic rings. The maximum absolute atomic E-state index is 11.4. The van der Waals surface area contributed by atoms with Crippen LogP contribution in [0.3, 0.4) is 0 Å². The number of thioether (sulfide) groups is 1. The summed E-state index contributed by atoms with van der Waals surface area (Å²) in [7, 11) is 0. The predicted molar refractivity (Wildman–Crippen MR) is 68.8 cm³/mol. The summed E-state index contributed by atoms with van der Waals surface area (Å²) in [5, 5.41) is 0. The number of H-pyrrole nitrogens is 1. The van der Waals surface area contributed by atoms with Crippen LogP contribution >= 0.6 is 34.4 Å². The van der Waals surface area contributed by atoms with Gasteiger partial charge in [-0.2, -0.15) is 11.8 Å². The van der Waals surface area contributed by atoms with Gasteiger partial charge in [0.25, 0.3) is 5.56 Å². The Morgan fingerprint density at radius 3 is 2.86 bits per heavy atom. The minimum atomic E-state index is -0.0230. The smallest absolute Gasteiger partial charge is 0.264 e. The van der Waals surface area contributed by atoms with Gasteiger partial charge >= 0.3 is 0 Å². The zero-order chi connectivity index (χ0) is 10.6. The molecule has 5 heteroatoms. The molecular weight excluding hydrogens is 311 g/mol. The van der Waals surface area contributed by atoms with Crippen LogP contribution in [0.1, 0.15) is 24.9 Å². The van der Waals surface area contributed by atoms with Gasteiger partial charge in [0.15, 0.2) is 0 Å². The molecule has 0 radical (unpaired) electrons. The highest BCUT2D eigenvalue weighted by Gasteiger charge is 2.04. The third-order valence-electron chi connectivity index (χ3n) is 1.66. The molecule has 0 unspecified atom stereocenters. The summed E-state index contributed by atoms with van der Waals surface area (Å²) < 4.78 is 0.687. The van der Waals surface area contributed by atoms with Crippen molar-refractivity contribution in [2.75, 3.05) is 5.75 Å². The van der Waals surface area contributed by atoms with Crippen LogP contribution in [0.25, 0.3) is 0 Å². The number of nitrogens with zero attached hydrogens (tertiary/aromatic N) is 1. The molecule has 14 heavy (non-hydrogen) atoms. The summed E-state index contributed by atoms with van der Waals surface area (Å²) in [6.45, 7) is 4.01. The fraction of sp³-hybridized carbons (Fsp3) is 0.556. The fourth-order valence-corrected chi connectivity index (χ4v) is 2.03. The molecule has 1 aromatic rings. The van der Waals surface area contributed by atoms with Crippen LogP contribution in [-0.2, 0) is 5.75 Å². The van der Waals surface area contributed by atoms with Crippen molar-refractivity contribution in [3.63, 3.8) is 0 Å². The van der Waals surface area contributed by atoms with E-state index in [2.05, 4.69) is 16.9 Å². The Balaban J connectivity index is 2.75. The molecule has 0 amide bonds. The van der Waals surface area contributed by atoms with Crippen LogP contribution in [0, 0.1) is 10.5 Å². The van der Waals surface area contributed by atoms with Gasteiger partial charge in [-0.05, 0) is 41.7 Å². The van der Waals surface area contributed by atoms with Crippen LogP contribution in [0.15, 0.2) is 4.79 Å². The van der Waals surface area contributed by atoms with Crippen LogP contribution in [0.2, 0.25) is 0 Å². The fourth-order valence-electron chi connectivity index (χ4n) is 1.01. The van der Waals surface area contributed by atoms with E-state index in [0.717, 1.165) is 29.4 Å². The van der Waals surface area contributed by atoms with Gasteiger partial charge in [0.2, 0.25) is 0 Å². The molecule has 0 spiro atoms. The van der Waals surface area contributed by atoms with Crippen LogP contribution in [0.5, 0.6) is 0 Å². The molecule has 1 N–H and O–H groups in total. The Kier molecular flexibility index (Phi) is 4.94. The van der Waals surface area contributed by atoms with E-state index in [1.807, 2.05) is 29.5 Å². The second-order valence-electron chi connectivity index (χ2n) is 2.96. The van der Waals surface area contributed by atoms with Gasteiger partial charge in [0.1, 0.15) is 5.82 Å². The van der Waals surface area contributed by atoms with Crippen molar-refractivity contribution in [2.45, 2.75) is 26.0 Å². The average Bonchev–Trinajstić information content (AvgIpc) is 2.14. The number of nitrogens with one attached hydrogen (secondary N) is 1. The lowest BCUT2D eigenvalue weighted by molar-refractivity contribution is 0.951. The lowest BCUT2D eigenvalue weighted by Gasteiger charge is -2.02. The molecule has 1 rings (SSSR count).